The number of aryl methyl sites for hydroxylation is 1. The molecule has 22 heavy (non-hydrogen) atoms. The molecule has 0 aliphatic carbocycles. The zero-order valence-corrected chi connectivity index (χ0v) is 13.2. The fraction of sp³-hybridized carbons (Fsp3) is 0.529. The lowest BCUT2D eigenvalue weighted by molar-refractivity contribution is -0.132. The summed E-state index contributed by atoms with van der Waals surface area (Å²) in [5.74, 6) is 1.24. The van der Waals surface area contributed by atoms with Crippen molar-refractivity contribution in [1.82, 2.24) is 14.5 Å². The van der Waals surface area contributed by atoms with E-state index in [1.54, 1.807) is 0 Å². The lowest BCUT2D eigenvalue weighted by Crippen LogP contribution is -2.32. The van der Waals surface area contributed by atoms with Crippen LogP contribution in [0, 0.1) is 0 Å². The number of hydrogen-bond donors (Lipinski definition) is 1. The number of carbonyl (C=O) groups excluding carboxylic acids is 1. The molecule has 1 saturated heterocycles. The van der Waals surface area contributed by atoms with Crippen LogP contribution < -0.4 is 5.73 Å². The number of hydrogen-bond acceptors (Lipinski definition) is 3. The average Bonchev–Trinajstić information content (AvgIpc) is 3.15. The Morgan fingerprint density at radius 1 is 1.41 bits per heavy atom. The molecular formula is C17H24N4O. The minimum absolute atomic E-state index is 0.109. The molecule has 2 N–H and O–H groups in total. The zero-order chi connectivity index (χ0) is 15.5. The van der Waals surface area contributed by atoms with Crippen molar-refractivity contribution in [2.24, 2.45) is 5.73 Å². The summed E-state index contributed by atoms with van der Waals surface area (Å²) in [4.78, 5) is 19.3. The van der Waals surface area contributed by atoms with E-state index in [0.29, 0.717) is 13.0 Å². The maximum Gasteiger partial charge on any atom is 0.223 e. The van der Waals surface area contributed by atoms with Gasteiger partial charge >= 0.3 is 0 Å². The van der Waals surface area contributed by atoms with Gasteiger partial charge in [0.1, 0.15) is 5.82 Å². The van der Waals surface area contributed by atoms with E-state index in [-0.39, 0.29) is 11.9 Å². The third-order valence-corrected chi connectivity index (χ3v) is 4.47. The number of benzene rings is 1. The molecule has 1 aromatic heterocycles. The van der Waals surface area contributed by atoms with E-state index in [4.69, 9.17) is 10.7 Å². The van der Waals surface area contributed by atoms with Crippen LogP contribution in [0.1, 0.15) is 44.5 Å². The smallest absolute Gasteiger partial charge is 0.223 e. The number of rotatable bonds is 5. The van der Waals surface area contributed by atoms with E-state index in [0.717, 1.165) is 49.2 Å². The van der Waals surface area contributed by atoms with Crippen molar-refractivity contribution in [3.05, 3.63) is 30.1 Å². The Morgan fingerprint density at radius 2 is 2.23 bits per heavy atom. The van der Waals surface area contributed by atoms with Gasteiger partial charge in [0.15, 0.2) is 0 Å². The first-order valence-electron chi connectivity index (χ1n) is 8.21. The van der Waals surface area contributed by atoms with Crippen molar-refractivity contribution in [3.8, 4) is 0 Å². The quantitative estimate of drug-likeness (QED) is 0.922. The number of nitrogens with two attached hydrogens (primary N) is 1. The van der Waals surface area contributed by atoms with Crippen molar-refractivity contribution in [2.45, 2.75) is 45.2 Å². The van der Waals surface area contributed by atoms with Gasteiger partial charge < -0.3 is 15.2 Å². The van der Waals surface area contributed by atoms with Crippen LogP contribution in [-0.4, -0.2) is 33.4 Å². The van der Waals surface area contributed by atoms with Gasteiger partial charge in [-0.1, -0.05) is 12.1 Å². The summed E-state index contributed by atoms with van der Waals surface area (Å²) in [6.07, 6.45) is 3.34. The summed E-state index contributed by atoms with van der Waals surface area (Å²) in [6.45, 7) is 4.41. The molecule has 0 spiro atoms. The number of nitrogens with zero attached hydrogens (tertiary/aromatic N) is 3. The van der Waals surface area contributed by atoms with Crippen LogP contribution in [0.3, 0.4) is 0 Å². The van der Waals surface area contributed by atoms with E-state index in [1.807, 2.05) is 23.1 Å². The topological polar surface area (TPSA) is 64.2 Å². The lowest BCUT2D eigenvalue weighted by Gasteiger charge is -2.25. The number of likely N-dealkylation sites (tertiary alicyclic amines) is 1. The van der Waals surface area contributed by atoms with E-state index in [1.165, 1.54) is 0 Å². The maximum atomic E-state index is 12.4. The molecule has 0 saturated carbocycles. The Morgan fingerprint density at radius 3 is 3.00 bits per heavy atom. The minimum atomic E-state index is 0.109. The van der Waals surface area contributed by atoms with Crippen LogP contribution in [0.15, 0.2) is 24.3 Å². The van der Waals surface area contributed by atoms with Crippen molar-refractivity contribution >= 4 is 16.9 Å². The molecule has 1 amide bonds. The first kappa shape index (κ1) is 15.0. The molecule has 1 aromatic carbocycles. The van der Waals surface area contributed by atoms with Crippen LogP contribution >= 0.6 is 0 Å². The molecule has 1 fully saturated rings. The summed E-state index contributed by atoms with van der Waals surface area (Å²) >= 11 is 0. The second-order valence-corrected chi connectivity index (χ2v) is 5.84. The average molecular weight is 300 g/mol. The normalized spacial score (nSPS) is 18.3. The molecule has 1 aliphatic heterocycles. The van der Waals surface area contributed by atoms with Crippen LogP contribution in [0.5, 0.6) is 0 Å². The van der Waals surface area contributed by atoms with Gasteiger partial charge in [-0.05, 0) is 44.9 Å². The minimum Gasteiger partial charge on any atom is -0.333 e. The molecule has 2 heterocycles. The summed E-state index contributed by atoms with van der Waals surface area (Å²) in [5.41, 5.74) is 7.70. The van der Waals surface area contributed by atoms with Crippen LogP contribution in [-0.2, 0) is 11.3 Å². The highest BCUT2D eigenvalue weighted by Gasteiger charge is 2.33. The van der Waals surface area contributed by atoms with Gasteiger partial charge in [0, 0.05) is 19.5 Å². The van der Waals surface area contributed by atoms with Crippen LogP contribution in [0.4, 0.5) is 0 Å². The SMILES string of the molecule is CCn1c(C2CCCN2C(=O)CCCN)nc2ccccc21. The molecule has 1 unspecified atom stereocenters. The summed E-state index contributed by atoms with van der Waals surface area (Å²) in [6, 6.07) is 8.31. The third kappa shape index (κ3) is 2.61. The standard InChI is InChI=1S/C17H24N4O/c1-2-20-14-8-4-3-7-13(14)19-17(20)15-9-6-12-21(15)16(22)10-5-11-18/h3-4,7-8,15H,2,5-6,9-12,18H2,1H3. The molecule has 0 radical (unpaired) electrons. The summed E-state index contributed by atoms with van der Waals surface area (Å²) in [5, 5.41) is 0. The number of para-hydroxylation sites is 2. The van der Waals surface area contributed by atoms with E-state index >= 15 is 0 Å². The van der Waals surface area contributed by atoms with Gasteiger partial charge in [0.25, 0.3) is 0 Å². The summed E-state index contributed by atoms with van der Waals surface area (Å²) in [7, 11) is 0. The predicted octanol–water partition coefficient (Wildman–Crippen LogP) is 2.46. The Balaban J connectivity index is 1.93. The van der Waals surface area contributed by atoms with Crippen molar-refractivity contribution < 1.29 is 4.79 Å². The van der Waals surface area contributed by atoms with Crippen molar-refractivity contribution in [1.29, 1.82) is 0 Å². The van der Waals surface area contributed by atoms with Gasteiger partial charge in [-0.2, -0.15) is 0 Å². The fourth-order valence-electron chi connectivity index (χ4n) is 3.41. The molecule has 1 atom stereocenters. The molecule has 0 bridgehead atoms. The fourth-order valence-corrected chi connectivity index (χ4v) is 3.41. The number of carbonyl (C=O) groups is 1. The van der Waals surface area contributed by atoms with Crippen molar-refractivity contribution in [2.75, 3.05) is 13.1 Å². The molecule has 5 nitrogen and oxygen atoms in total. The first-order valence-corrected chi connectivity index (χ1v) is 8.21. The maximum absolute atomic E-state index is 12.4. The van der Waals surface area contributed by atoms with Crippen LogP contribution in [0.25, 0.3) is 11.0 Å². The van der Waals surface area contributed by atoms with E-state index in [9.17, 15) is 4.79 Å². The molecular weight excluding hydrogens is 276 g/mol. The third-order valence-electron chi connectivity index (χ3n) is 4.47. The Hall–Kier alpha value is -1.88. The first-order chi connectivity index (χ1) is 10.8. The number of imidazole rings is 1. The van der Waals surface area contributed by atoms with Gasteiger partial charge in [-0.15, -0.1) is 0 Å². The second-order valence-electron chi connectivity index (χ2n) is 5.84. The Labute approximate surface area is 131 Å². The van der Waals surface area contributed by atoms with Crippen molar-refractivity contribution in [3.63, 3.8) is 0 Å². The molecule has 5 heteroatoms. The number of amides is 1. The monoisotopic (exact) mass is 300 g/mol. The molecule has 118 valence electrons. The van der Waals surface area contributed by atoms with Gasteiger partial charge in [0.05, 0.1) is 17.1 Å². The zero-order valence-electron chi connectivity index (χ0n) is 13.2. The predicted molar refractivity (Wildman–Crippen MR) is 87.4 cm³/mol. The summed E-state index contributed by atoms with van der Waals surface area (Å²) < 4.78 is 2.24. The van der Waals surface area contributed by atoms with Crippen LogP contribution in [0.2, 0.25) is 0 Å². The van der Waals surface area contributed by atoms with E-state index in [2.05, 4.69) is 17.6 Å². The van der Waals surface area contributed by atoms with E-state index < -0.39 is 0 Å². The van der Waals surface area contributed by atoms with Gasteiger partial charge in [0.2, 0.25) is 5.91 Å². The van der Waals surface area contributed by atoms with Gasteiger partial charge in [-0.25, -0.2) is 4.98 Å². The Kier molecular flexibility index (Phi) is 4.43. The molecule has 1 aliphatic rings. The highest BCUT2D eigenvalue weighted by atomic mass is 16.2. The van der Waals surface area contributed by atoms with Gasteiger partial charge in [-0.3, -0.25) is 4.79 Å². The highest BCUT2D eigenvalue weighted by Crippen LogP contribution is 2.33. The lowest BCUT2D eigenvalue weighted by atomic mass is 10.2. The number of aromatic nitrogens is 2. The molecule has 2 aromatic rings. The number of fused-ring (bicyclic) bond motifs is 1. The highest BCUT2D eigenvalue weighted by molar-refractivity contribution is 5.78. The largest absolute Gasteiger partial charge is 0.333 e. The second kappa shape index (κ2) is 6.48. The molecule has 3 rings (SSSR count). The Bertz CT molecular complexity index is 664.